The summed E-state index contributed by atoms with van der Waals surface area (Å²) in [5, 5.41) is 2.18. The summed E-state index contributed by atoms with van der Waals surface area (Å²) in [5.41, 5.74) is 6.33. The van der Waals surface area contributed by atoms with Gasteiger partial charge in [0.25, 0.3) is 0 Å². The third-order valence-corrected chi connectivity index (χ3v) is 8.22. The Bertz CT molecular complexity index is 2730. The van der Waals surface area contributed by atoms with Crippen molar-refractivity contribution in [1.82, 2.24) is 0 Å². The quantitative estimate of drug-likeness (QED) is 0.174. The number of hydrogen-bond donors (Lipinski definition) is 0. The van der Waals surface area contributed by atoms with E-state index in [0.29, 0.717) is 11.4 Å². The summed E-state index contributed by atoms with van der Waals surface area (Å²) < 4.78 is 78.5. The van der Waals surface area contributed by atoms with Crippen LogP contribution >= 0.6 is 0 Å². The zero-order chi connectivity index (χ0) is 39.2. The number of fused-ring (bicyclic) bond motifs is 1. The number of nitrogens with zero attached hydrogens (tertiary/aromatic N) is 1. The molecule has 0 spiro atoms. The van der Waals surface area contributed by atoms with Gasteiger partial charge in [-0.3, -0.25) is 0 Å². The molecule has 0 aliphatic rings. The molecule has 0 atom stereocenters. The van der Waals surface area contributed by atoms with Gasteiger partial charge in [0.05, 0.1) is 12.3 Å². The highest BCUT2D eigenvalue weighted by atomic mass is 15.1. The highest BCUT2D eigenvalue weighted by molar-refractivity contribution is 5.89. The second-order valence-corrected chi connectivity index (χ2v) is 11.2. The van der Waals surface area contributed by atoms with Crippen LogP contribution in [0.5, 0.6) is 0 Å². The lowest BCUT2D eigenvalue weighted by Crippen LogP contribution is -2.10. The van der Waals surface area contributed by atoms with E-state index in [1.807, 2.05) is 91.0 Å². The van der Waals surface area contributed by atoms with Gasteiger partial charge in [0.15, 0.2) is 0 Å². The van der Waals surface area contributed by atoms with E-state index in [9.17, 15) is 2.74 Å². The summed E-state index contributed by atoms with van der Waals surface area (Å²) in [7, 11) is 0. The second kappa shape index (κ2) is 12.7. The van der Waals surface area contributed by atoms with Gasteiger partial charge in [-0.15, -0.1) is 0 Å². The van der Waals surface area contributed by atoms with Crippen molar-refractivity contribution in [2.75, 3.05) is 4.90 Å². The van der Waals surface area contributed by atoms with Crippen LogP contribution in [-0.4, -0.2) is 0 Å². The molecule has 0 saturated carbocycles. The third-order valence-electron chi connectivity index (χ3n) is 8.22. The molecule has 0 fully saturated rings. The number of anilines is 3. The number of rotatable bonds is 7. The maximum absolute atomic E-state index is 9.33. The van der Waals surface area contributed by atoms with Crippen molar-refractivity contribution in [3.05, 3.63) is 200 Å². The molecule has 0 aliphatic heterocycles. The predicted molar refractivity (Wildman–Crippen MR) is 200 cm³/mol. The molecule has 0 N–H and O–H groups in total. The van der Waals surface area contributed by atoms with Crippen molar-refractivity contribution in [1.29, 1.82) is 0 Å². The van der Waals surface area contributed by atoms with Crippen molar-refractivity contribution in [2.24, 2.45) is 0 Å². The monoisotopic (exact) mass is 608 g/mol. The third kappa shape index (κ3) is 5.95. The first-order valence-corrected chi connectivity index (χ1v) is 15.4. The maximum Gasteiger partial charge on any atom is 0.0645 e. The first-order valence-electron chi connectivity index (χ1n) is 19.9. The first-order chi connectivity index (χ1) is 27.0. The van der Waals surface area contributed by atoms with Crippen LogP contribution < -0.4 is 4.90 Å². The Hall–Kier alpha value is -6.18. The van der Waals surface area contributed by atoms with E-state index in [4.69, 9.17) is 9.60 Å². The summed E-state index contributed by atoms with van der Waals surface area (Å²) in [5.74, 6) is 0. The lowest BCUT2D eigenvalue weighted by atomic mass is 9.99. The van der Waals surface area contributed by atoms with Crippen molar-refractivity contribution in [2.45, 2.75) is 0 Å². The Kier molecular flexibility index (Phi) is 5.40. The van der Waals surface area contributed by atoms with Crippen LogP contribution in [0.25, 0.3) is 55.3 Å². The van der Waals surface area contributed by atoms with Gasteiger partial charge in [-0.1, -0.05) is 158 Å². The SMILES string of the molecule is [2H]c1c([2H])c([2H])c(-c2c([2H])c([2H])c(N(c3ccc(-c4ccc(-c5ccccc5)cc4)cc3)c3cccc(-c4ccc5ccccc5c4)c3)c([2H])c2[2H])c([2H])c1[2H]. The Morgan fingerprint density at radius 2 is 0.830 bits per heavy atom. The van der Waals surface area contributed by atoms with Crippen LogP contribution in [-0.2, 0) is 0 Å². The van der Waals surface area contributed by atoms with E-state index in [2.05, 4.69) is 54.6 Å². The van der Waals surface area contributed by atoms with Crippen molar-refractivity contribution in [3.63, 3.8) is 0 Å². The number of benzene rings is 8. The topological polar surface area (TPSA) is 3.24 Å². The molecule has 8 rings (SSSR count). The Labute approximate surface area is 289 Å². The average Bonchev–Trinajstić information content (AvgIpc) is 3.24. The van der Waals surface area contributed by atoms with E-state index in [1.165, 1.54) is 0 Å². The Morgan fingerprint density at radius 1 is 0.298 bits per heavy atom. The van der Waals surface area contributed by atoms with Crippen LogP contribution in [0.2, 0.25) is 0 Å². The van der Waals surface area contributed by atoms with E-state index in [-0.39, 0.29) is 16.8 Å². The smallest absolute Gasteiger partial charge is 0.0645 e. The van der Waals surface area contributed by atoms with Gasteiger partial charge >= 0.3 is 0 Å². The first kappa shape index (κ1) is 20.0. The molecule has 1 heteroatoms. The standard InChI is InChI=1S/C46H33N/c1-3-10-34(11-4-1)37-18-20-38(21-19-37)40-26-30-45(31-27-40)47(44-28-24-39(25-29-44)35-12-5-2-6-13-35)46-17-9-16-42(33-46)43-23-22-36-14-7-8-15-41(36)32-43/h1-33H/i2D,5D,6D,12D,13D,24D,25D,28D,29D. The predicted octanol–water partition coefficient (Wildman–Crippen LogP) is 13.0. The van der Waals surface area contributed by atoms with Gasteiger partial charge in [0.1, 0.15) is 0 Å². The van der Waals surface area contributed by atoms with Gasteiger partial charge in [0.2, 0.25) is 0 Å². The summed E-state index contributed by atoms with van der Waals surface area (Å²) in [6.07, 6.45) is 0. The second-order valence-electron chi connectivity index (χ2n) is 11.2. The van der Waals surface area contributed by atoms with Crippen LogP contribution in [0, 0.1) is 0 Å². The molecular weight excluding hydrogens is 567 g/mol. The molecule has 0 bridgehead atoms. The van der Waals surface area contributed by atoms with Gasteiger partial charge in [0, 0.05) is 17.1 Å². The van der Waals surface area contributed by atoms with Gasteiger partial charge in [-0.2, -0.15) is 0 Å². The fraction of sp³-hybridized carbons (Fsp3) is 0. The van der Waals surface area contributed by atoms with Crippen LogP contribution in [0.1, 0.15) is 12.3 Å². The maximum atomic E-state index is 9.33. The summed E-state index contributed by atoms with van der Waals surface area (Å²) in [4.78, 5) is 1.68. The normalized spacial score (nSPS) is 13.7. The lowest BCUT2D eigenvalue weighted by Gasteiger charge is -2.26. The van der Waals surface area contributed by atoms with Gasteiger partial charge in [-0.05, 0) is 97.7 Å². The fourth-order valence-electron chi connectivity index (χ4n) is 5.81. The summed E-state index contributed by atoms with van der Waals surface area (Å²) in [6, 6.07) is 43.0. The molecule has 0 aromatic heterocycles. The van der Waals surface area contributed by atoms with Crippen LogP contribution in [0.15, 0.2) is 200 Å². The lowest BCUT2D eigenvalue weighted by molar-refractivity contribution is 1.28. The molecule has 1 nitrogen and oxygen atoms in total. The Morgan fingerprint density at radius 3 is 1.53 bits per heavy atom. The van der Waals surface area contributed by atoms with E-state index >= 15 is 0 Å². The zero-order valence-corrected chi connectivity index (χ0v) is 25.3. The molecule has 8 aromatic carbocycles. The molecule has 0 radical (unpaired) electrons. The van der Waals surface area contributed by atoms with Gasteiger partial charge < -0.3 is 4.90 Å². The molecule has 0 amide bonds. The molecule has 0 unspecified atom stereocenters. The van der Waals surface area contributed by atoms with Crippen molar-refractivity contribution >= 4 is 27.8 Å². The van der Waals surface area contributed by atoms with E-state index in [0.717, 1.165) is 44.2 Å². The molecule has 222 valence electrons. The fourth-order valence-corrected chi connectivity index (χ4v) is 5.81. The summed E-state index contributed by atoms with van der Waals surface area (Å²) in [6.45, 7) is 0. The minimum atomic E-state index is -0.621. The highest BCUT2D eigenvalue weighted by Gasteiger charge is 2.15. The van der Waals surface area contributed by atoms with E-state index < -0.39 is 54.4 Å². The zero-order valence-electron chi connectivity index (χ0n) is 34.3. The van der Waals surface area contributed by atoms with Crippen LogP contribution in [0.4, 0.5) is 17.1 Å². The molecular formula is C46H33N. The Balaban J connectivity index is 1.28. The van der Waals surface area contributed by atoms with Gasteiger partial charge in [-0.25, -0.2) is 0 Å². The summed E-state index contributed by atoms with van der Waals surface area (Å²) >= 11 is 0. The average molecular weight is 609 g/mol. The number of hydrogen-bond acceptors (Lipinski definition) is 1. The molecule has 47 heavy (non-hydrogen) atoms. The van der Waals surface area contributed by atoms with Crippen molar-refractivity contribution in [3.8, 4) is 44.5 Å². The molecule has 0 aliphatic carbocycles. The minimum Gasteiger partial charge on any atom is -0.310 e. The van der Waals surface area contributed by atoms with E-state index in [1.54, 1.807) is 4.90 Å². The van der Waals surface area contributed by atoms with Crippen molar-refractivity contribution < 1.29 is 12.3 Å². The minimum absolute atomic E-state index is 0.0493. The molecule has 0 heterocycles. The van der Waals surface area contributed by atoms with Crippen LogP contribution in [0.3, 0.4) is 0 Å². The molecule has 0 saturated heterocycles. The highest BCUT2D eigenvalue weighted by Crippen LogP contribution is 2.39. The largest absolute Gasteiger partial charge is 0.310 e. The molecule has 8 aromatic rings.